The fourth-order valence-corrected chi connectivity index (χ4v) is 2.07. The second-order valence-corrected chi connectivity index (χ2v) is 6.01. The van der Waals surface area contributed by atoms with Gasteiger partial charge >= 0.3 is 11.9 Å². The maximum Gasteiger partial charge on any atom is 0.343 e. The van der Waals surface area contributed by atoms with Crippen LogP contribution in [-0.4, -0.2) is 29.6 Å². The van der Waals surface area contributed by atoms with Crippen molar-refractivity contribution in [1.29, 1.82) is 0 Å². The summed E-state index contributed by atoms with van der Waals surface area (Å²) in [5.41, 5.74) is 1.28. The molecule has 0 unspecified atom stereocenters. The van der Waals surface area contributed by atoms with E-state index in [0.29, 0.717) is 11.1 Å². The van der Waals surface area contributed by atoms with Crippen LogP contribution in [0.4, 0.5) is 0 Å². The van der Waals surface area contributed by atoms with Gasteiger partial charge in [0.1, 0.15) is 28.9 Å². The van der Waals surface area contributed by atoms with Gasteiger partial charge in [0.05, 0.1) is 7.11 Å². The van der Waals surface area contributed by atoms with E-state index in [1.807, 2.05) is 6.92 Å². The van der Waals surface area contributed by atoms with Gasteiger partial charge in [-0.3, -0.25) is 9.78 Å². The predicted molar refractivity (Wildman–Crippen MR) is 79.6 cm³/mol. The Morgan fingerprint density at radius 3 is 2.59 bits per heavy atom. The Hall–Kier alpha value is -2.37. The van der Waals surface area contributed by atoms with E-state index in [9.17, 15) is 9.59 Å². The minimum absolute atomic E-state index is 0.156. The number of methoxy groups -OCH3 is 1. The molecule has 22 heavy (non-hydrogen) atoms. The second kappa shape index (κ2) is 5.79. The number of rotatable bonds is 3. The lowest BCUT2D eigenvalue weighted by Gasteiger charge is -2.19. The monoisotopic (exact) mass is 305 g/mol. The molecular formula is C16H19NO5. The van der Waals surface area contributed by atoms with Crippen molar-refractivity contribution in [1.82, 2.24) is 4.98 Å². The van der Waals surface area contributed by atoms with E-state index < -0.39 is 17.5 Å². The molecule has 0 fully saturated rings. The number of aryl methyl sites for hydroxylation is 1. The molecule has 6 nitrogen and oxygen atoms in total. The lowest BCUT2D eigenvalue weighted by molar-refractivity contribution is -0.154. The Balaban J connectivity index is 2.44. The summed E-state index contributed by atoms with van der Waals surface area (Å²) < 4.78 is 15.6. The third-order valence-electron chi connectivity index (χ3n) is 2.85. The van der Waals surface area contributed by atoms with Gasteiger partial charge in [-0.25, -0.2) is 4.79 Å². The van der Waals surface area contributed by atoms with Gasteiger partial charge in [-0.15, -0.1) is 0 Å². The largest absolute Gasteiger partial charge is 0.465 e. The average Bonchev–Trinajstić information content (AvgIpc) is 2.72. The first-order chi connectivity index (χ1) is 10.2. The van der Waals surface area contributed by atoms with Crippen LogP contribution < -0.4 is 0 Å². The fraction of sp³-hybridized carbons (Fsp3) is 0.438. The summed E-state index contributed by atoms with van der Waals surface area (Å²) in [6.45, 7) is 7.18. The Morgan fingerprint density at radius 2 is 2.00 bits per heavy atom. The SMILES string of the molecule is COC(=O)c1c(CC(=O)OC(C)(C)C)oc2cc(C)cnc12. The van der Waals surface area contributed by atoms with Crippen LogP contribution in [0.25, 0.3) is 11.1 Å². The summed E-state index contributed by atoms with van der Waals surface area (Å²) in [5, 5.41) is 0. The van der Waals surface area contributed by atoms with Crippen molar-refractivity contribution < 1.29 is 23.5 Å². The van der Waals surface area contributed by atoms with E-state index in [4.69, 9.17) is 13.9 Å². The van der Waals surface area contributed by atoms with Crippen molar-refractivity contribution in [2.24, 2.45) is 0 Å². The number of carbonyl (C=O) groups excluding carboxylic acids is 2. The maximum absolute atomic E-state index is 12.0. The number of furan rings is 1. The van der Waals surface area contributed by atoms with Gasteiger partial charge in [-0.1, -0.05) is 0 Å². The molecular weight excluding hydrogens is 286 g/mol. The molecule has 0 spiro atoms. The second-order valence-electron chi connectivity index (χ2n) is 6.01. The average molecular weight is 305 g/mol. The zero-order valence-electron chi connectivity index (χ0n) is 13.4. The molecule has 0 radical (unpaired) electrons. The quantitative estimate of drug-likeness (QED) is 0.811. The number of pyridine rings is 1. The highest BCUT2D eigenvalue weighted by molar-refractivity contribution is 6.03. The van der Waals surface area contributed by atoms with Crippen LogP contribution in [0.2, 0.25) is 0 Å². The third-order valence-corrected chi connectivity index (χ3v) is 2.85. The lowest BCUT2D eigenvalue weighted by Crippen LogP contribution is -2.25. The van der Waals surface area contributed by atoms with E-state index in [0.717, 1.165) is 5.56 Å². The molecule has 0 bridgehead atoms. The predicted octanol–water partition coefficient (Wildman–Crippen LogP) is 2.81. The Labute approximate surface area is 128 Å². The lowest BCUT2D eigenvalue weighted by atomic mass is 10.1. The van der Waals surface area contributed by atoms with Crippen LogP contribution in [-0.2, 0) is 20.7 Å². The Bertz CT molecular complexity index is 724. The molecule has 2 rings (SSSR count). The van der Waals surface area contributed by atoms with Gasteiger partial charge in [-0.2, -0.15) is 0 Å². The molecule has 0 aliphatic rings. The topological polar surface area (TPSA) is 78.6 Å². The summed E-state index contributed by atoms with van der Waals surface area (Å²) in [5.74, 6) is -0.865. The molecule has 6 heteroatoms. The first kappa shape index (κ1) is 16.0. The normalized spacial score (nSPS) is 11.5. The molecule has 0 aliphatic heterocycles. The summed E-state index contributed by atoms with van der Waals surface area (Å²) in [6, 6.07) is 1.76. The molecule has 0 saturated carbocycles. The van der Waals surface area contributed by atoms with Crippen molar-refractivity contribution in [3.8, 4) is 0 Å². The zero-order valence-corrected chi connectivity index (χ0v) is 13.4. The fourth-order valence-electron chi connectivity index (χ4n) is 2.07. The van der Waals surface area contributed by atoms with E-state index in [-0.39, 0.29) is 17.7 Å². The maximum atomic E-state index is 12.0. The minimum Gasteiger partial charge on any atom is -0.465 e. The number of ether oxygens (including phenoxy) is 2. The van der Waals surface area contributed by atoms with E-state index >= 15 is 0 Å². The number of esters is 2. The molecule has 0 amide bonds. The van der Waals surface area contributed by atoms with Crippen LogP contribution >= 0.6 is 0 Å². The van der Waals surface area contributed by atoms with Gasteiger partial charge in [0, 0.05) is 6.20 Å². The number of hydrogen-bond donors (Lipinski definition) is 0. The first-order valence-electron chi connectivity index (χ1n) is 6.89. The number of nitrogens with zero attached hydrogens (tertiary/aromatic N) is 1. The summed E-state index contributed by atoms with van der Waals surface area (Å²) in [6.07, 6.45) is 1.47. The van der Waals surface area contributed by atoms with Gasteiger partial charge in [0.15, 0.2) is 5.58 Å². The van der Waals surface area contributed by atoms with Crippen molar-refractivity contribution in [2.45, 2.75) is 39.7 Å². The summed E-state index contributed by atoms with van der Waals surface area (Å²) in [7, 11) is 1.27. The van der Waals surface area contributed by atoms with Gasteiger partial charge < -0.3 is 13.9 Å². The van der Waals surface area contributed by atoms with Crippen molar-refractivity contribution in [3.05, 3.63) is 29.2 Å². The highest BCUT2D eigenvalue weighted by atomic mass is 16.6. The molecule has 0 aromatic carbocycles. The third kappa shape index (κ3) is 3.44. The van der Waals surface area contributed by atoms with Crippen LogP contribution in [0.5, 0.6) is 0 Å². The van der Waals surface area contributed by atoms with E-state index in [2.05, 4.69) is 4.98 Å². The van der Waals surface area contributed by atoms with Crippen LogP contribution in [0.1, 0.15) is 42.5 Å². The summed E-state index contributed by atoms with van der Waals surface area (Å²) in [4.78, 5) is 28.2. The number of aromatic nitrogens is 1. The molecule has 0 saturated heterocycles. The highest BCUT2D eigenvalue weighted by Crippen LogP contribution is 2.26. The molecule has 0 aliphatic carbocycles. The molecule has 2 heterocycles. The minimum atomic E-state index is -0.608. The van der Waals surface area contributed by atoms with Crippen molar-refractivity contribution in [2.75, 3.05) is 7.11 Å². The van der Waals surface area contributed by atoms with Gasteiger partial charge in [0.25, 0.3) is 0 Å². The number of hydrogen-bond acceptors (Lipinski definition) is 6. The Kier molecular flexibility index (Phi) is 4.21. The van der Waals surface area contributed by atoms with Crippen LogP contribution in [0.15, 0.2) is 16.7 Å². The zero-order chi connectivity index (χ0) is 16.5. The van der Waals surface area contributed by atoms with Gasteiger partial charge in [0.2, 0.25) is 0 Å². The number of carbonyl (C=O) groups is 2. The van der Waals surface area contributed by atoms with Crippen LogP contribution in [0.3, 0.4) is 0 Å². The molecule has 2 aromatic rings. The van der Waals surface area contributed by atoms with E-state index in [1.165, 1.54) is 7.11 Å². The van der Waals surface area contributed by atoms with Crippen molar-refractivity contribution in [3.63, 3.8) is 0 Å². The number of fused-ring (bicyclic) bond motifs is 1. The first-order valence-corrected chi connectivity index (χ1v) is 6.89. The van der Waals surface area contributed by atoms with Gasteiger partial charge in [-0.05, 0) is 39.3 Å². The van der Waals surface area contributed by atoms with E-state index in [1.54, 1.807) is 33.0 Å². The molecule has 118 valence electrons. The highest BCUT2D eigenvalue weighted by Gasteiger charge is 2.26. The molecule has 0 atom stereocenters. The Morgan fingerprint density at radius 1 is 1.32 bits per heavy atom. The smallest absolute Gasteiger partial charge is 0.343 e. The molecule has 2 aromatic heterocycles. The summed E-state index contributed by atoms with van der Waals surface area (Å²) >= 11 is 0. The van der Waals surface area contributed by atoms with Crippen LogP contribution in [0, 0.1) is 6.92 Å². The van der Waals surface area contributed by atoms with Crippen molar-refractivity contribution >= 4 is 23.0 Å². The standard InChI is InChI=1S/C16H19NO5/c1-9-6-11-14(17-8-9)13(15(19)20-5)10(21-11)7-12(18)22-16(2,3)4/h6,8H,7H2,1-5H3. The molecule has 0 N–H and O–H groups in total.